The molecule has 1 aromatic carbocycles. The predicted molar refractivity (Wildman–Crippen MR) is 86.8 cm³/mol. The van der Waals surface area contributed by atoms with E-state index in [9.17, 15) is 13.2 Å². The summed E-state index contributed by atoms with van der Waals surface area (Å²) < 4.78 is 30.9. The van der Waals surface area contributed by atoms with Crippen LogP contribution in [0.25, 0.3) is 0 Å². The minimum absolute atomic E-state index is 0.0722. The largest absolute Gasteiger partial charge is 0.467 e. The number of sulfonamides is 1. The highest BCUT2D eigenvalue weighted by Crippen LogP contribution is 2.30. The Morgan fingerprint density at radius 3 is 2.65 bits per heavy atom. The van der Waals surface area contributed by atoms with Crippen molar-refractivity contribution in [3.8, 4) is 0 Å². The fourth-order valence-electron chi connectivity index (χ4n) is 1.79. The number of hydrogen-bond donors (Lipinski definition) is 1. The van der Waals surface area contributed by atoms with Crippen molar-refractivity contribution in [1.29, 1.82) is 0 Å². The standard InChI is InChI=1S/C14H14Cl2N2O4S/c1-18(9-13(19)17-8-10-4-3-7-22-10)23(20,21)12-6-2-5-11(15)14(12)16/h2-7H,8-9H2,1H3,(H,17,19). The van der Waals surface area contributed by atoms with Crippen molar-refractivity contribution in [3.63, 3.8) is 0 Å². The van der Waals surface area contributed by atoms with E-state index in [4.69, 9.17) is 27.6 Å². The van der Waals surface area contributed by atoms with Crippen LogP contribution in [0, 0.1) is 0 Å². The molecule has 0 spiro atoms. The lowest BCUT2D eigenvalue weighted by atomic mass is 10.4. The van der Waals surface area contributed by atoms with Gasteiger partial charge in [0, 0.05) is 7.05 Å². The topological polar surface area (TPSA) is 79.6 Å². The van der Waals surface area contributed by atoms with Crippen molar-refractivity contribution in [2.45, 2.75) is 11.4 Å². The minimum atomic E-state index is -3.93. The Kier molecular flexibility index (Phi) is 5.69. The molecule has 0 saturated heterocycles. The summed E-state index contributed by atoms with van der Waals surface area (Å²) in [5.74, 6) is 0.104. The number of benzene rings is 1. The molecule has 0 saturated carbocycles. The van der Waals surface area contributed by atoms with E-state index >= 15 is 0 Å². The van der Waals surface area contributed by atoms with Gasteiger partial charge >= 0.3 is 0 Å². The van der Waals surface area contributed by atoms with Crippen LogP contribution in [0.5, 0.6) is 0 Å². The van der Waals surface area contributed by atoms with E-state index in [0.29, 0.717) is 5.76 Å². The average molecular weight is 377 g/mol. The van der Waals surface area contributed by atoms with Gasteiger partial charge in [-0.15, -0.1) is 0 Å². The van der Waals surface area contributed by atoms with E-state index in [-0.39, 0.29) is 28.0 Å². The summed E-state index contributed by atoms with van der Waals surface area (Å²) in [4.78, 5) is 11.7. The highest BCUT2D eigenvalue weighted by Gasteiger charge is 2.26. The molecule has 0 bridgehead atoms. The first kappa shape index (κ1) is 17.8. The molecule has 0 unspecified atom stereocenters. The molecule has 0 aliphatic rings. The number of carbonyl (C=O) groups excluding carboxylic acids is 1. The number of nitrogens with zero attached hydrogens (tertiary/aromatic N) is 1. The van der Waals surface area contributed by atoms with Crippen molar-refractivity contribution >= 4 is 39.1 Å². The number of likely N-dealkylation sites (N-methyl/N-ethyl adjacent to an activating group) is 1. The van der Waals surface area contributed by atoms with Crippen LogP contribution in [0.2, 0.25) is 10.0 Å². The number of halogens is 2. The monoisotopic (exact) mass is 376 g/mol. The average Bonchev–Trinajstić information content (AvgIpc) is 3.01. The lowest BCUT2D eigenvalue weighted by Gasteiger charge is -2.17. The molecule has 6 nitrogen and oxygen atoms in total. The van der Waals surface area contributed by atoms with Gasteiger partial charge in [-0.2, -0.15) is 4.31 Å². The lowest BCUT2D eigenvalue weighted by Crippen LogP contribution is -2.38. The molecule has 1 heterocycles. The number of carbonyl (C=O) groups is 1. The number of amides is 1. The van der Waals surface area contributed by atoms with Gasteiger partial charge in [0.05, 0.1) is 29.4 Å². The third kappa shape index (κ3) is 4.26. The Bertz CT molecular complexity index is 791. The molecule has 1 aromatic heterocycles. The highest BCUT2D eigenvalue weighted by molar-refractivity contribution is 7.89. The van der Waals surface area contributed by atoms with Crippen LogP contribution in [-0.4, -0.2) is 32.2 Å². The van der Waals surface area contributed by atoms with Crippen molar-refractivity contribution in [1.82, 2.24) is 9.62 Å². The molecular weight excluding hydrogens is 363 g/mol. The molecule has 1 N–H and O–H groups in total. The van der Waals surface area contributed by atoms with Crippen LogP contribution in [0.3, 0.4) is 0 Å². The summed E-state index contributed by atoms with van der Waals surface area (Å²) in [5.41, 5.74) is 0. The van der Waals surface area contributed by atoms with Gasteiger partial charge in [-0.3, -0.25) is 4.79 Å². The number of rotatable bonds is 6. The van der Waals surface area contributed by atoms with Crippen LogP contribution in [-0.2, 0) is 21.4 Å². The van der Waals surface area contributed by atoms with Gasteiger partial charge in [0.15, 0.2) is 0 Å². The predicted octanol–water partition coefficient (Wildman–Crippen LogP) is 2.52. The third-order valence-electron chi connectivity index (χ3n) is 3.01. The maximum absolute atomic E-state index is 12.5. The van der Waals surface area contributed by atoms with Crippen molar-refractivity contribution < 1.29 is 17.6 Å². The second-order valence-corrected chi connectivity index (χ2v) is 7.47. The molecular formula is C14H14Cl2N2O4S. The van der Waals surface area contributed by atoms with E-state index < -0.39 is 15.9 Å². The molecule has 2 rings (SSSR count). The van der Waals surface area contributed by atoms with Gasteiger partial charge < -0.3 is 9.73 Å². The van der Waals surface area contributed by atoms with Crippen LogP contribution >= 0.6 is 23.2 Å². The highest BCUT2D eigenvalue weighted by atomic mass is 35.5. The molecule has 124 valence electrons. The SMILES string of the molecule is CN(CC(=O)NCc1ccco1)S(=O)(=O)c1cccc(Cl)c1Cl. The summed E-state index contributed by atoms with van der Waals surface area (Å²) in [6.07, 6.45) is 1.49. The Labute approximate surface area is 144 Å². The van der Waals surface area contributed by atoms with E-state index in [1.165, 1.54) is 31.5 Å². The molecule has 0 radical (unpaired) electrons. The normalized spacial score (nSPS) is 11.7. The molecule has 9 heteroatoms. The van der Waals surface area contributed by atoms with Gasteiger partial charge in [-0.05, 0) is 24.3 Å². The molecule has 2 aromatic rings. The maximum atomic E-state index is 12.5. The van der Waals surface area contributed by atoms with Crippen LogP contribution < -0.4 is 5.32 Å². The number of nitrogens with one attached hydrogen (secondary N) is 1. The van der Waals surface area contributed by atoms with E-state index in [1.807, 2.05) is 0 Å². The summed E-state index contributed by atoms with van der Waals surface area (Å²) >= 11 is 11.8. The molecule has 1 amide bonds. The summed E-state index contributed by atoms with van der Waals surface area (Å²) in [5, 5.41) is 2.62. The molecule has 0 aliphatic carbocycles. The molecule has 0 fully saturated rings. The zero-order valence-corrected chi connectivity index (χ0v) is 14.5. The minimum Gasteiger partial charge on any atom is -0.467 e. The Hall–Kier alpha value is -1.54. The molecule has 0 aliphatic heterocycles. The van der Waals surface area contributed by atoms with Crippen LogP contribution in [0.4, 0.5) is 0 Å². The van der Waals surface area contributed by atoms with E-state index in [1.54, 1.807) is 12.1 Å². The van der Waals surface area contributed by atoms with Gasteiger partial charge in [-0.25, -0.2) is 8.42 Å². The van der Waals surface area contributed by atoms with Gasteiger partial charge in [0.1, 0.15) is 10.7 Å². The number of hydrogen-bond acceptors (Lipinski definition) is 4. The fraction of sp³-hybridized carbons (Fsp3) is 0.214. The first-order chi connectivity index (χ1) is 10.8. The molecule has 0 atom stereocenters. The number of furan rings is 1. The van der Waals surface area contributed by atoms with Crippen molar-refractivity contribution in [3.05, 3.63) is 52.4 Å². The van der Waals surface area contributed by atoms with E-state index in [0.717, 1.165) is 4.31 Å². The first-order valence-corrected chi connectivity index (χ1v) is 8.71. The molecule has 23 heavy (non-hydrogen) atoms. The Balaban J connectivity index is 2.05. The van der Waals surface area contributed by atoms with Crippen molar-refractivity contribution in [2.75, 3.05) is 13.6 Å². The van der Waals surface area contributed by atoms with Crippen LogP contribution in [0.15, 0.2) is 45.9 Å². The Morgan fingerprint density at radius 2 is 2.00 bits per heavy atom. The van der Waals surface area contributed by atoms with Gasteiger partial charge in [-0.1, -0.05) is 29.3 Å². The lowest BCUT2D eigenvalue weighted by molar-refractivity contribution is -0.121. The van der Waals surface area contributed by atoms with Crippen LogP contribution in [0.1, 0.15) is 5.76 Å². The fourth-order valence-corrected chi connectivity index (χ4v) is 3.65. The zero-order chi connectivity index (χ0) is 17.0. The summed E-state index contributed by atoms with van der Waals surface area (Å²) in [6.45, 7) is -0.177. The first-order valence-electron chi connectivity index (χ1n) is 6.52. The second kappa shape index (κ2) is 7.35. The second-order valence-electron chi connectivity index (χ2n) is 4.67. The summed E-state index contributed by atoms with van der Waals surface area (Å²) in [7, 11) is -2.64. The van der Waals surface area contributed by atoms with Crippen molar-refractivity contribution in [2.24, 2.45) is 0 Å². The van der Waals surface area contributed by atoms with Gasteiger partial charge in [0.2, 0.25) is 15.9 Å². The smallest absolute Gasteiger partial charge is 0.244 e. The quantitative estimate of drug-likeness (QED) is 0.839. The maximum Gasteiger partial charge on any atom is 0.244 e. The summed E-state index contributed by atoms with van der Waals surface area (Å²) in [6, 6.07) is 7.69. The third-order valence-corrected chi connectivity index (χ3v) is 5.79. The van der Waals surface area contributed by atoms with E-state index in [2.05, 4.69) is 5.32 Å². The Morgan fingerprint density at radius 1 is 1.26 bits per heavy atom. The van der Waals surface area contributed by atoms with Gasteiger partial charge in [0.25, 0.3) is 0 Å². The zero-order valence-electron chi connectivity index (χ0n) is 12.1.